The Bertz CT molecular complexity index is 326. The lowest BCUT2D eigenvalue weighted by molar-refractivity contribution is -0.0182. The Labute approximate surface area is 96.4 Å². The summed E-state index contributed by atoms with van der Waals surface area (Å²) >= 11 is 0. The highest BCUT2D eigenvalue weighted by Gasteiger charge is 2.16. The molecule has 0 saturated carbocycles. The molecule has 0 spiro atoms. The fourth-order valence-corrected chi connectivity index (χ4v) is 1.93. The maximum atomic E-state index is 5.67. The summed E-state index contributed by atoms with van der Waals surface area (Å²) in [5.74, 6) is 0. The summed E-state index contributed by atoms with van der Waals surface area (Å²) in [5, 5.41) is 7.53. The van der Waals surface area contributed by atoms with Crippen LogP contribution in [-0.4, -0.2) is 54.1 Å². The third-order valence-electron chi connectivity index (χ3n) is 2.80. The number of ether oxygens (including phenoxy) is 1. The van der Waals surface area contributed by atoms with Gasteiger partial charge in [0, 0.05) is 45.0 Å². The average Bonchev–Trinajstić information content (AvgIpc) is 2.64. The molecule has 0 aliphatic carbocycles. The minimum Gasteiger partial charge on any atom is -0.374 e. The van der Waals surface area contributed by atoms with Crippen LogP contribution < -0.4 is 5.32 Å². The molecule has 2 rings (SSSR count). The van der Waals surface area contributed by atoms with Gasteiger partial charge >= 0.3 is 0 Å². The molecule has 1 fully saturated rings. The molecule has 1 aliphatic rings. The predicted molar refractivity (Wildman–Crippen MR) is 62.2 cm³/mol. The zero-order valence-corrected chi connectivity index (χ0v) is 10.0. The Balaban J connectivity index is 1.67. The van der Waals surface area contributed by atoms with Gasteiger partial charge in [0.2, 0.25) is 0 Å². The van der Waals surface area contributed by atoms with Crippen LogP contribution in [-0.2, 0) is 18.3 Å². The number of aromatic nitrogens is 2. The van der Waals surface area contributed by atoms with Crippen LogP contribution in [0.1, 0.15) is 5.56 Å². The van der Waals surface area contributed by atoms with Crippen molar-refractivity contribution < 1.29 is 4.74 Å². The first-order chi connectivity index (χ1) is 7.74. The van der Waals surface area contributed by atoms with E-state index in [9.17, 15) is 0 Å². The van der Waals surface area contributed by atoms with E-state index >= 15 is 0 Å². The molecule has 0 amide bonds. The van der Waals surface area contributed by atoms with E-state index in [1.54, 1.807) is 0 Å². The number of nitrogens with zero attached hydrogens (tertiary/aromatic N) is 3. The maximum Gasteiger partial charge on any atom is 0.0826 e. The van der Waals surface area contributed by atoms with E-state index in [0.29, 0.717) is 6.10 Å². The molecule has 16 heavy (non-hydrogen) atoms. The van der Waals surface area contributed by atoms with Gasteiger partial charge in [-0.25, -0.2) is 0 Å². The van der Waals surface area contributed by atoms with Gasteiger partial charge in [0.05, 0.1) is 18.9 Å². The van der Waals surface area contributed by atoms with Gasteiger partial charge in [0.1, 0.15) is 0 Å². The first kappa shape index (κ1) is 11.6. The Morgan fingerprint density at radius 1 is 1.56 bits per heavy atom. The third kappa shape index (κ3) is 3.30. The molecule has 0 radical (unpaired) electrons. The van der Waals surface area contributed by atoms with Crippen LogP contribution in [0.4, 0.5) is 0 Å². The molecule has 0 aromatic carbocycles. The van der Waals surface area contributed by atoms with Gasteiger partial charge < -0.3 is 15.0 Å². The van der Waals surface area contributed by atoms with E-state index in [-0.39, 0.29) is 0 Å². The van der Waals surface area contributed by atoms with E-state index in [1.165, 1.54) is 5.56 Å². The lowest BCUT2D eigenvalue weighted by Crippen LogP contribution is -2.44. The number of morpholine rings is 1. The van der Waals surface area contributed by atoms with Gasteiger partial charge in [-0.05, 0) is 7.05 Å². The largest absolute Gasteiger partial charge is 0.374 e. The van der Waals surface area contributed by atoms with Crippen molar-refractivity contribution in [2.75, 3.05) is 33.3 Å². The summed E-state index contributed by atoms with van der Waals surface area (Å²) < 4.78 is 7.49. The van der Waals surface area contributed by atoms with E-state index in [2.05, 4.69) is 22.4 Å². The topological polar surface area (TPSA) is 42.3 Å². The van der Waals surface area contributed by atoms with Gasteiger partial charge in [-0.3, -0.25) is 4.68 Å². The molecule has 1 unspecified atom stereocenters. The number of rotatable bonds is 4. The van der Waals surface area contributed by atoms with Crippen molar-refractivity contribution in [2.45, 2.75) is 12.6 Å². The average molecular weight is 224 g/mol. The summed E-state index contributed by atoms with van der Waals surface area (Å²) in [7, 11) is 4.07. The van der Waals surface area contributed by atoms with Gasteiger partial charge in [-0.15, -0.1) is 0 Å². The van der Waals surface area contributed by atoms with Crippen molar-refractivity contribution >= 4 is 0 Å². The standard InChI is InChI=1S/C11H20N4O/c1-14-3-4-16-11(9-14)7-12-5-10-6-13-15(2)8-10/h6,8,11-12H,3-5,7,9H2,1-2H3. The quantitative estimate of drug-likeness (QED) is 0.772. The Morgan fingerprint density at radius 3 is 3.12 bits per heavy atom. The van der Waals surface area contributed by atoms with Crippen molar-refractivity contribution in [1.29, 1.82) is 0 Å². The molecule has 5 heteroatoms. The monoisotopic (exact) mass is 224 g/mol. The molecule has 1 aliphatic heterocycles. The molecule has 2 heterocycles. The van der Waals surface area contributed by atoms with Crippen LogP contribution in [0.5, 0.6) is 0 Å². The number of nitrogens with one attached hydrogen (secondary N) is 1. The van der Waals surface area contributed by atoms with Crippen LogP contribution in [0, 0.1) is 0 Å². The highest BCUT2D eigenvalue weighted by molar-refractivity contribution is 5.02. The van der Waals surface area contributed by atoms with Crippen molar-refractivity contribution in [3.8, 4) is 0 Å². The van der Waals surface area contributed by atoms with Crippen LogP contribution >= 0.6 is 0 Å². The van der Waals surface area contributed by atoms with Gasteiger partial charge in [0.25, 0.3) is 0 Å². The smallest absolute Gasteiger partial charge is 0.0826 e. The highest BCUT2D eigenvalue weighted by atomic mass is 16.5. The molecular formula is C11H20N4O. The van der Waals surface area contributed by atoms with E-state index < -0.39 is 0 Å². The van der Waals surface area contributed by atoms with Gasteiger partial charge in [0.15, 0.2) is 0 Å². The fraction of sp³-hybridized carbons (Fsp3) is 0.727. The predicted octanol–water partition coefficient (Wildman–Crippen LogP) is -0.160. The van der Waals surface area contributed by atoms with Crippen molar-refractivity contribution in [3.05, 3.63) is 18.0 Å². The summed E-state index contributed by atoms with van der Waals surface area (Å²) in [6, 6.07) is 0. The molecule has 1 atom stereocenters. The summed E-state index contributed by atoms with van der Waals surface area (Å²) in [6.07, 6.45) is 4.23. The third-order valence-corrected chi connectivity index (χ3v) is 2.80. The van der Waals surface area contributed by atoms with E-state index in [1.807, 2.05) is 24.1 Å². The second-order valence-corrected chi connectivity index (χ2v) is 4.41. The minimum absolute atomic E-state index is 0.315. The van der Waals surface area contributed by atoms with Crippen molar-refractivity contribution in [3.63, 3.8) is 0 Å². The van der Waals surface area contributed by atoms with E-state index in [4.69, 9.17) is 4.74 Å². The summed E-state index contributed by atoms with van der Waals surface area (Å²) in [4.78, 5) is 2.31. The molecule has 1 aromatic rings. The normalized spacial score (nSPS) is 22.5. The highest BCUT2D eigenvalue weighted by Crippen LogP contribution is 2.02. The van der Waals surface area contributed by atoms with Crippen LogP contribution in [0.3, 0.4) is 0 Å². The number of aryl methyl sites for hydroxylation is 1. The molecule has 1 saturated heterocycles. The lowest BCUT2D eigenvalue weighted by Gasteiger charge is -2.30. The maximum absolute atomic E-state index is 5.67. The molecular weight excluding hydrogens is 204 g/mol. The SMILES string of the molecule is CN1CCOC(CNCc2cnn(C)c2)C1. The van der Waals surface area contributed by atoms with Crippen LogP contribution in [0.2, 0.25) is 0 Å². The molecule has 1 N–H and O–H groups in total. The second-order valence-electron chi connectivity index (χ2n) is 4.41. The first-order valence-corrected chi connectivity index (χ1v) is 5.72. The lowest BCUT2D eigenvalue weighted by atomic mass is 10.2. The Morgan fingerprint density at radius 2 is 2.44 bits per heavy atom. The first-order valence-electron chi connectivity index (χ1n) is 5.72. The molecule has 1 aromatic heterocycles. The minimum atomic E-state index is 0.315. The zero-order chi connectivity index (χ0) is 11.4. The van der Waals surface area contributed by atoms with E-state index in [0.717, 1.165) is 32.8 Å². The Hall–Kier alpha value is -0.910. The Kier molecular flexibility index (Phi) is 3.93. The summed E-state index contributed by atoms with van der Waals surface area (Å²) in [5.41, 5.74) is 1.21. The van der Waals surface area contributed by atoms with Crippen molar-refractivity contribution in [1.82, 2.24) is 20.0 Å². The van der Waals surface area contributed by atoms with Gasteiger partial charge in [-0.1, -0.05) is 0 Å². The second kappa shape index (κ2) is 5.43. The number of hydrogen-bond acceptors (Lipinski definition) is 4. The van der Waals surface area contributed by atoms with Crippen LogP contribution in [0.15, 0.2) is 12.4 Å². The fourth-order valence-electron chi connectivity index (χ4n) is 1.93. The van der Waals surface area contributed by atoms with Crippen molar-refractivity contribution in [2.24, 2.45) is 7.05 Å². The number of hydrogen-bond donors (Lipinski definition) is 1. The van der Waals surface area contributed by atoms with Gasteiger partial charge in [-0.2, -0.15) is 5.10 Å². The zero-order valence-electron chi connectivity index (χ0n) is 10.0. The van der Waals surface area contributed by atoms with Crippen LogP contribution in [0.25, 0.3) is 0 Å². The molecule has 0 bridgehead atoms. The molecule has 5 nitrogen and oxygen atoms in total. The number of likely N-dealkylation sites (N-methyl/N-ethyl adjacent to an activating group) is 1. The summed E-state index contributed by atoms with van der Waals surface area (Å²) in [6.45, 7) is 4.66. The molecule has 90 valence electrons.